The number of anilines is 1. The van der Waals surface area contributed by atoms with Crippen LogP contribution in [0.2, 0.25) is 0 Å². The zero-order chi connectivity index (χ0) is 17.8. The summed E-state index contributed by atoms with van der Waals surface area (Å²) in [4.78, 5) is 37.6. The molecule has 0 atom stereocenters. The number of hydrogen-bond acceptors (Lipinski definition) is 3. The molecule has 1 aliphatic rings. The van der Waals surface area contributed by atoms with Gasteiger partial charge in [-0.15, -0.1) is 0 Å². The number of hydrogen-bond donors (Lipinski definition) is 1. The monoisotopic (exact) mass is 332 g/mol. The van der Waals surface area contributed by atoms with Gasteiger partial charge in [0.25, 0.3) is 11.8 Å². The first-order valence-corrected chi connectivity index (χ1v) is 7.76. The van der Waals surface area contributed by atoms with Gasteiger partial charge in [0.2, 0.25) is 0 Å². The third-order valence-electron chi connectivity index (χ3n) is 3.71. The molecule has 5 heteroatoms. The number of carbonyl (C=O) groups is 3. The Labute approximate surface area is 145 Å². The first-order chi connectivity index (χ1) is 12.1. The number of rotatable bonds is 3. The number of carbonyl (C=O) groups excluding carboxylic acids is 3. The van der Waals surface area contributed by atoms with Crippen LogP contribution in [0.15, 0.2) is 72.3 Å². The summed E-state index contributed by atoms with van der Waals surface area (Å²) in [6, 6.07) is 15.5. The summed E-state index contributed by atoms with van der Waals surface area (Å²) in [5, 5.41) is 2.19. The second-order valence-corrected chi connectivity index (χ2v) is 5.59. The summed E-state index contributed by atoms with van der Waals surface area (Å²) in [5.41, 5.74) is 2.39. The summed E-state index contributed by atoms with van der Waals surface area (Å²) in [6.07, 6.45) is 4.84. The van der Waals surface area contributed by atoms with Gasteiger partial charge < -0.3 is 0 Å². The largest absolute Gasteiger partial charge is 0.335 e. The average Bonchev–Trinajstić information content (AvgIpc) is 2.58. The molecule has 2 aromatic carbocycles. The highest BCUT2D eigenvalue weighted by molar-refractivity contribution is 6.37. The highest BCUT2D eigenvalue weighted by Gasteiger charge is 2.36. The van der Waals surface area contributed by atoms with Crippen LogP contribution < -0.4 is 10.2 Å². The van der Waals surface area contributed by atoms with Crippen LogP contribution in [0, 0.1) is 6.92 Å². The quantitative estimate of drug-likeness (QED) is 0.693. The summed E-state index contributed by atoms with van der Waals surface area (Å²) in [6.45, 7) is 1.98. The lowest BCUT2D eigenvalue weighted by atomic mass is 10.1. The standard InChI is InChI=1S/C20H16N2O3/c1-14-7-5-8-15(13-14)9-6-12-17-18(23)21-20(25)22(19(17)24)16-10-3-2-4-11-16/h2-13H,1H3,(H,21,23,25)/b9-6+,17-12-. The van der Waals surface area contributed by atoms with Gasteiger partial charge in [-0.2, -0.15) is 0 Å². The van der Waals surface area contributed by atoms with Gasteiger partial charge in [0.15, 0.2) is 0 Å². The Morgan fingerprint density at radius 3 is 2.44 bits per heavy atom. The van der Waals surface area contributed by atoms with E-state index in [1.165, 1.54) is 6.08 Å². The van der Waals surface area contributed by atoms with Gasteiger partial charge in [-0.1, -0.05) is 60.2 Å². The highest BCUT2D eigenvalue weighted by atomic mass is 16.2. The molecular weight excluding hydrogens is 316 g/mol. The number of allylic oxidation sites excluding steroid dienone is 2. The maximum atomic E-state index is 12.6. The minimum Gasteiger partial charge on any atom is -0.273 e. The van der Waals surface area contributed by atoms with E-state index >= 15 is 0 Å². The van der Waals surface area contributed by atoms with Crippen LogP contribution >= 0.6 is 0 Å². The number of para-hydroxylation sites is 1. The lowest BCUT2D eigenvalue weighted by Gasteiger charge is -2.26. The van der Waals surface area contributed by atoms with Gasteiger partial charge in [-0.05, 0) is 30.7 Å². The van der Waals surface area contributed by atoms with Crippen molar-refractivity contribution in [3.8, 4) is 0 Å². The molecule has 5 nitrogen and oxygen atoms in total. The molecule has 0 aliphatic carbocycles. The lowest BCUT2D eigenvalue weighted by molar-refractivity contribution is -0.122. The molecule has 0 aromatic heterocycles. The molecule has 0 bridgehead atoms. The third-order valence-corrected chi connectivity index (χ3v) is 3.71. The molecule has 3 rings (SSSR count). The van der Waals surface area contributed by atoms with Crippen molar-refractivity contribution >= 4 is 29.6 Å². The Balaban J connectivity index is 1.88. The normalized spacial score (nSPS) is 16.6. The number of aryl methyl sites for hydroxylation is 1. The Kier molecular flexibility index (Phi) is 4.57. The van der Waals surface area contributed by atoms with Crippen molar-refractivity contribution < 1.29 is 14.4 Å². The zero-order valence-corrected chi connectivity index (χ0v) is 13.6. The molecule has 1 aliphatic heterocycles. The topological polar surface area (TPSA) is 66.5 Å². The molecule has 0 saturated carbocycles. The summed E-state index contributed by atoms with van der Waals surface area (Å²) < 4.78 is 0. The van der Waals surface area contributed by atoms with Crippen LogP contribution in [-0.2, 0) is 9.59 Å². The van der Waals surface area contributed by atoms with E-state index in [9.17, 15) is 14.4 Å². The van der Waals surface area contributed by atoms with E-state index in [0.29, 0.717) is 5.69 Å². The second-order valence-electron chi connectivity index (χ2n) is 5.59. The summed E-state index contributed by atoms with van der Waals surface area (Å²) in [7, 11) is 0. The van der Waals surface area contributed by atoms with Crippen molar-refractivity contribution in [3.63, 3.8) is 0 Å². The minimum absolute atomic E-state index is 0.0904. The number of barbiturate groups is 1. The Morgan fingerprint density at radius 1 is 0.960 bits per heavy atom. The fourth-order valence-corrected chi connectivity index (χ4v) is 2.52. The van der Waals surface area contributed by atoms with Crippen molar-refractivity contribution in [2.24, 2.45) is 0 Å². The number of urea groups is 1. The van der Waals surface area contributed by atoms with Crippen molar-refractivity contribution in [2.75, 3.05) is 4.90 Å². The molecule has 0 spiro atoms. The Hall–Kier alpha value is -3.47. The van der Waals surface area contributed by atoms with Crippen molar-refractivity contribution in [1.29, 1.82) is 0 Å². The van der Waals surface area contributed by atoms with Crippen molar-refractivity contribution in [3.05, 3.63) is 83.4 Å². The third kappa shape index (κ3) is 3.55. The van der Waals surface area contributed by atoms with Crippen LogP contribution in [0.1, 0.15) is 11.1 Å². The minimum atomic E-state index is -0.749. The highest BCUT2D eigenvalue weighted by Crippen LogP contribution is 2.20. The first-order valence-electron chi connectivity index (χ1n) is 7.76. The van der Waals surface area contributed by atoms with Gasteiger partial charge in [0.1, 0.15) is 5.57 Å². The predicted octanol–water partition coefficient (Wildman–Crippen LogP) is 3.22. The molecule has 1 saturated heterocycles. The van der Waals surface area contributed by atoms with Crippen LogP contribution in [0.4, 0.5) is 10.5 Å². The maximum Gasteiger partial charge on any atom is 0.335 e. The van der Waals surface area contributed by atoms with Gasteiger partial charge in [-0.25, -0.2) is 9.69 Å². The molecule has 4 amide bonds. The molecule has 25 heavy (non-hydrogen) atoms. The van der Waals surface area contributed by atoms with Crippen LogP contribution in [-0.4, -0.2) is 17.8 Å². The van der Waals surface area contributed by atoms with E-state index in [-0.39, 0.29) is 5.57 Å². The maximum absolute atomic E-state index is 12.6. The van der Waals surface area contributed by atoms with E-state index in [1.54, 1.807) is 42.5 Å². The molecule has 124 valence electrons. The van der Waals surface area contributed by atoms with Gasteiger partial charge in [0.05, 0.1) is 5.69 Å². The smallest absolute Gasteiger partial charge is 0.273 e. The Bertz CT molecular complexity index is 898. The number of benzene rings is 2. The molecule has 1 heterocycles. The van der Waals surface area contributed by atoms with Crippen molar-refractivity contribution in [2.45, 2.75) is 6.92 Å². The number of nitrogens with one attached hydrogen (secondary N) is 1. The molecule has 2 aromatic rings. The molecule has 0 radical (unpaired) electrons. The van der Waals surface area contributed by atoms with Crippen molar-refractivity contribution in [1.82, 2.24) is 5.32 Å². The summed E-state index contributed by atoms with van der Waals surface area (Å²) in [5.74, 6) is -1.34. The van der Waals surface area contributed by atoms with Crippen LogP contribution in [0.3, 0.4) is 0 Å². The fourth-order valence-electron chi connectivity index (χ4n) is 2.52. The van der Waals surface area contributed by atoms with Gasteiger partial charge in [0, 0.05) is 0 Å². The summed E-state index contributed by atoms with van der Waals surface area (Å²) >= 11 is 0. The van der Waals surface area contributed by atoms with Crippen LogP contribution in [0.5, 0.6) is 0 Å². The molecular formula is C20H16N2O3. The predicted molar refractivity (Wildman–Crippen MR) is 95.8 cm³/mol. The number of imide groups is 2. The zero-order valence-electron chi connectivity index (χ0n) is 13.6. The van der Waals surface area contributed by atoms with Gasteiger partial charge in [-0.3, -0.25) is 14.9 Å². The first kappa shape index (κ1) is 16.4. The van der Waals surface area contributed by atoms with Crippen LogP contribution in [0.25, 0.3) is 6.08 Å². The second kappa shape index (κ2) is 6.97. The van der Waals surface area contributed by atoms with E-state index in [0.717, 1.165) is 16.0 Å². The average molecular weight is 332 g/mol. The Morgan fingerprint density at radius 2 is 1.72 bits per heavy atom. The molecule has 0 unspecified atom stereocenters. The number of amides is 4. The fraction of sp³-hybridized carbons (Fsp3) is 0.0500. The van der Waals surface area contributed by atoms with Gasteiger partial charge >= 0.3 is 6.03 Å². The van der Waals surface area contributed by atoms with E-state index in [4.69, 9.17) is 0 Å². The molecule has 1 fully saturated rings. The van der Waals surface area contributed by atoms with E-state index in [2.05, 4.69) is 5.32 Å². The van der Waals surface area contributed by atoms with E-state index in [1.807, 2.05) is 31.2 Å². The SMILES string of the molecule is Cc1cccc(/C=C/C=C2/C(=O)NC(=O)N(c3ccccc3)C2=O)c1. The molecule has 1 N–H and O–H groups in total. The number of nitrogens with zero attached hydrogens (tertiary/aromatic N) is 1. The van der Waals surface area contributed by atoms with E-state index < -0.39 is 17.8 Å². The lowest BCUT2D eigenvalue weighted by Crippen LogP contribution is -2.54.